The van der Waals surface area contributed by atoms with Crippen molar-refractivity contribution in [3.8, 4) is 17.2 Å². The first-order valence-corrected chi connectivity index (χ1v) is 8.18. The molecule has 9 heteroatoms. The third-order valence-corrected chi connectivity index (χ3v) is 3.74. The number of anilines is 1. The number of hydrogen-bond acceptors (Lipinski definition) is 5. The van der Waals surface area contributed by atoms with Gasteiger partial charge in [0.2, 0.25) is 17.6 Å². The lowest BCUT2D eigenvalue weighted by atomic mass is 10.1. The zero-order valence-corrected chi connectivity index (χ0v) is 15.6. The summed E-state index contributed by atoms with van der Waals surface area (Å²) in [5.41, 5.74) is 0.677. The summed E-state index contributed by atoms with van der Waals surface area (Å²) in [5, 5.41) is 4.81. The van der Waals surface area contributed by atoms with Crippen molar-refractivity contribution in [3.63, 3.8) is 0 Å². The molecule has 0 fully saturated rings. The second-order valence-corrected chi connectivity index (χ2v) is 5.66. The van der Waals surface area contributed by atoms with Gasteiger partial charge >= 0.3 is 0 Å². The molecule has 0 spiro atoms. The van der Waals surface area contributed by atoms with Gasteiger partial charge in [0.25, 0.3) is 0 Å². The number of hydrogen-bond donors (Lipinski definition) is 2. The van der Waals surface area contributed by atoms with Crippen LogP contribution in [0.4, 0.5) is 14.5 Å². The fraction of sp³-hybridized carbons (Fsp3) is 0.263. The van der Waals surface area contributed by atoms with Gasteiger partial charge in [0.1, 0.15) is 0 Å². The largest absolute Gasteiger partial charge is 0.493 e. The fourth-order valence-corrected chi connectivity index (χ4v) is 2.44. The summed E-state index contributed by atoms with van der Waals surface area (Å²) in [4.78, 5) is 24.0. The summed E-state index contributed by atoms with van der Waals surface area (Å²) < 4.78 is 41.7. The van der Waals surface area contributed by atoms with Crippen LogP contribution in [-0.4, -0.2) is 39.7 Å². The normalized spacial score (nSPS) is 10.2. The van der Waals surface area contributed by atoms with E-state index in [0.717, 1.165) is 12.1 Å². The first-order valence-electron chi connectivity index (χ1n) is 8.18. The van der Waals surface area contributed by atoms with Crippen molar-refractivity contribution in [2.24, 2.45) is 0 Å². The van der Waals surface area contributed by atoms with E-state index in [2.05, 4.69) is 10.6 Å². The molecule has 2 aromatic rings. The molecule has 2 N–H and O–H groups in total. The summed E-state index contributed by atoms with van der Waals surface area (Å²) in [6.07, 6.45) is -0.0326. The Morgan fingerprint density at radius 2 is 1.54 bits per heavy atom. The number of methoxy groups -OCH3 is 3. The Balaban J connectivity index is 1.94. The highest BCUT2D eigenvalue weighted by Gasteiger charge is 2.15. The Morgan fingerprint density at radius 1 is 0.893 bits per heavy atom. The van der Waals surface area contributed by atoms with Crippen LogP contribution in [0.1, 0.15) is 5.56 Å². The lowest BCUT2D eigenvalue weighted by Crippen LogP contribution is -2.33. The minimum absolute atomic E-state index is 0.0326. The predicted molar refractivity (Wildman–Crippen MR) is 97.8 cm³/mol. The maximum Gasteiger partial charge on any atom is 0.243 e. The number of ether oxygens (including phenoxy) is 3. The van der Waals surface area contributed by atoms with Crippen LogP contribution in [0.15, 0.2) is 30.3 Å². The number of carbonyl (C=O) groups is 2. The second-order valence-electron chi connectivity index (χ2n) is 5.66. The Morgan fingerprint density at radius 3 is 2.07 bits per heavy atom. The molecule has 28 heavy (non-hydrogen) atoms. The molecular formula is C19H20F2N2O5. The third-order valence-electron chi connectivity index (χ3n) is 3.74. The molecule has 150 valence electrons. The Labute approximate surface area is 160 Å². The molecule has 2 rings (SSSR count). The lowest BCUT2D eigenvalue weighted by molar-refractivity contribution is -0.123. The number of benzene rings is 2. The number of nitrogens with one attached hydrogen (secondary N) is 2. The molecule has 0 heterocycles. The summed E-state index contributed by atoms with van der Waals surface area (Å²) in [6, 6.07) is 6.22. The highest BCUT2D eigenvalue weighted by Crippen LogP contribution is 2.38. The topological polar surface area (TPSA) is 85.9 Å². The molecule has 0 saturated heterocycles. The quantitative estimate of drug-likeness (QED) is 0.718. The van der Waals surface area contributed by atoms with Crippen LogP contribution >= 0.6 is 0 Å². The minimum Gasteiger partial charge on any atom is -0.493 e. The van der Waals surface area contributed by atoms with E-state index in [1.807, 2.05) is 0 Å². The first-order chi connectivity index (χ1) is 13.4. The van der Waals surface area contributed by atoms with E-state index in [4.69, 9.17) is 14.2 Å². The van der Waals surface area contributed by atoms with Gasteiger partial charge in [-0.3, -0.25) is 9.59 Å². The average Bonchev–Trinajstić information content (AvgIpc) is 2.68. The van der Waals surface area contributed by atoms with Crippen LogP contribution in [0.3, 0.4) is 0 Å². The third kappa shape index (κ3) is 5.32. The van der Waals surface area contributed by atoms with Crippen LogP contribution in [-0.2, 0) is 16.0 Å². The standard InChI is InChI=1S/C19H20F2N2O5/c1-26-15-6-11(7-16(27-2)19(15)28-3)8-17(24)22-10-18(25)23-12-4-5-13(20)14(21)9-12/h4-7,9H,8,10H2,1-3H3,(H,22,24)(H,23,25). The van der Waals surface area contributed by atoms with Crippen LogP contribution in [0.2, 0.25) is 0 Å². The molecule has 0 bridgehead atoms. The lowest BCUT2D eigenvalue weighted by Gasteiger charge is -2.14. The van der Waals surface area contributed by atoms with Crippen LogP contribution in [0.5, 0.6) is 17.2 Å². The molecular weight excluding hydrogens is 374 g/mol. The summed E-state index contributed by atoms with van der Waals surface area (Å²) in [6.45, 7) is -0.331. The van der Waals surface area contributed by atoms with Crippen molar-refractivity contribution in [2.45, 2.75) is 6.42 Å². The number of rotatable bonds is 8. The summed E-state index contributed by atoms with van der Waals surface area (Å²) in [7, 11) is 4.39. The van der Waals surface area contributed by atoms with Gasteiger partial charge in [-0.25, -0.2) is 8.78 Å². The van der Waals surface area contributed by atoms with Gasteiger partial charge in [-0.2, -0.15) is 0 Å². The van der Waals surface area contributed by atoms with Gasteiger partial charge in [0.15, 0.2) is 23.1 Å². The van der Waals surface area contributed by atoms with Crippen LogP contribution in [0, 0.1) is 11.6 Å². The van der Waals surface area contributed by atoms with Gasteiger partial charge in [0, 0.05) is 11.8 Å². The first kappa shape index (κ1) is 20.9. The molecule has 0 atom stereocenters. The van der Waals surface area contributed by atoms with E-state index in [9.17, 15) is 18.4 Å². The molecule has 0 aromatic heterocycles. The Kier molecular flexibility index (Phi) is 7.14. The molecule has 0 aliphatic heterocycles. The van der Waals surface area contributed by atoms with E-state index in [0.29, 0.717) is 22.8 Å². The van der Waals surface area contributed by atoms with Crippen LogP contribution < -0.4 is 24.8 Å². The Hall–Kier alpha value is -3.36. The van der Waals surface area contributed by atoms with E-state index in [1.165, 1.54) is 27.4 Å². The van der Waals surface area contributed by atoms with Gasteiger partial charge in [-0.15, -0.1) is 0 Å². The van der Waals surface area contributed by atoms with E-state index in [-0.39, 0.29) is 18.7 Å². The molecule has 2 amide bonds. The number of amides is 2. The minimum atomic E-state index is -1.08. The van der Waals surface area contributed by atoms with Gasteiger partial charge in [-0.1, -0.05) is 0 Å². The Bertz CT molecular complexity index is 848. The number of carbonyl (C=O) groups excluding carboxylic acids is 2. The van der Waals surface area contributed by atoms with Crippen molar-refractivity contribution in [3.05, 3.63) is 47.5 Å². The van der Waals surface area contributed by atoms with Crippen molar-refractivity contribution in [1.29, 1.82) is 0 Å². The maximum atomic E-state index is 13.1. The monoisotopic (exact) mass is 394 g/mol. The van der Waals surface area contributed by atoms with Crippen molar-refractivity contribution in [2.75, 3.05) is 33.2 Å². The van der Waals surface area contributed by atoms with Gasteiger partial charge in [-0.05, 0) is 29.8 Å². The van der Waals surface area contributed by atoms with E-state index < -0.39 is 23.4 Å². The average molecular weight is 394 g/mol. The molecule has 2 aromatic carbocycles. The van der Waals surface area contributed by atoms with E-state index >= 15 is 0 Å². The predicted octanol–water partition coefficient (Wildman–Crippen LogP) is 2.29. The fourth-order valence-electron chi connectivity index (χ4n) is 2.44. The highest BCUT2D eigenvalue weighted by molar-refractivity contribution is 5.94. The summed E-state index contributed by atoms with van der Waals surface area (Å²) in [5.74, 6) is -1.89. The van der Waals surface area contributed by atoms with Gasteiger partial charge < -0.3 is 24.8 Å². The zero-order chi connectivity index (χ0) is 20.7. The zero-order valence-electron chi connectivity index (χ0n) is 15.6. The van der Waals surface area contributed by atoms with Crippen molar-refractivity contribution in [1.82, 2.24) is 5.32 Å². The van der Waals surface area contributed by atoms with Crippen LogP contribution in [0.25, 0.3) is 0 Å². The molecule has 7 nitrogen and oxygen atoms in total. The van der Waals surface area contributed by atoms with Crippen molar-refractivity contribution < 1.29 is 32.6 Å². The smallest absolute Gasteiger partial charge is 0.243 e. The highest BCUT2D eigenvalue weighted by atomic mass is 19.2. The second kappa shape index (κ2) is 9.54. The molecule has 0 unspecified atom stereocenters. The summed E-state index contributed by atoms with van der Waals surface area (Å²) >= 11 is 0. The number of halogens is 2. The van der Waals surface area contributed by atoms with E-state index in [1.54, 1.807) is 12.1 Å². The molecule has 0 aliphatic rings. The maximum absolute atomic E-state index is 13.1. The van der Waals surface area contributed by atoms with Gasteiger partial charge in [0.05, 0.1) is 34.3 Å². The SMILES string of the molecule is COc1cc(CC(=O)NCC(=O)Nc2ccc(F)c(F)c2)cc(OC)c1OC. The molecule has 0 saturated carbocycles. The molecule has 0 aliphatic carbocycles. The van der Waals surface area contributed by atoms with Crippen molar-refractivity contribution >= 4 is 17.5 Å². The molecule has 0 radical (unpaired) electrons.